The van der Waals surface area contributed by atoms with Gasteiger partial charge in [0.25, 0.3) is 0 Å². The van der Waals surface area contributed by atoms with E-state index in [0.29, 0.717) is 5.56 Å². The van der Waals surface area contributed by atoms with Gasteiger partial charge in [0.2, 0.25) is 0 Å². The minimum absolute atomic E-state index is 0.681. The van der Waals surface area contributed by atoms with Crippen molar-refractivity contribution in [1.82, 2.24) is 4.57 Å². The maximum Gasteiger partial charge on any atom is 0.0991 e. The number of anilines is 1. The van der Waals surface area contributed by atoms with E-state index in [1.807, 2.05) is 24.3 Å². The van der Waals surface area contributed by atoms with Crippen LogP contribution in [0.5, 0.6) is 0 Å². The SMILES string of the molecule is Cn1cc(CNc2ccc(C#N)cc2)c2ccccc21. The Morgan fingerprint density at radius 1 is 1.10 bits per heavy atom. The second-order valence-corrected chi connectivity index (χ2v) is 4.83. The van der Waals surface area contributed by atoms with E-state index in [9.17, 15) is 0 Å². The zero-order valence-corrected chi connectivity index (χ0v) is 11.3. The molecule has 3 nitrogen and oxygen atoms in total. The number of rotatable bonds is 3. The Hall–Kier alpha value is -2.73. The fourth-order valence-electron chi connectivity index (χ4n) is 2.43. The molecule has 20 heavy (non-hydrogen) atoms. The first-order valence-corrected chi connectivity index (χ1v) is 6.55. The van der Waals surface area contributed by atoms with Crippen LogP contribution < -0.4 is 5.32 Å². The smallest absolute Gasteiger partial charge is 0.0991 e. The highest BCUT2D eigenvalue weighted by Gasteiger charge is 2.05. The largest absolute Gasteiger partial charge is 0.381 e. The third-order valence-corrected chi connectivity index (χ3v) is 3.48. The summed E-state index contributed by atoms with van der Waals surface area (Å²) in [6.45, 7) is 0.771. The zero-order chi connectivity index (χ0) is 13.9. The van der Waals surface area contributed by atoms with Crippen molar-refractivity contribution >= 4 is 16.6 Å². The molecule has 0 amide bonds. The van der Waals surface area contributed by atoms with Gasteiger partial charge in [0.05, 0.1) is 11.6 Å². The van der Waals surface area contributed by atoms with Crippen molar-refractivity contribution in [2.75, 3.05) is 5.32 Å². The highest BCUT2D eigenvalue weighted by molar-refractivity contribution is 5.84. The normalized spacial score (nSPS) is 10.4. The molecule has 0 saturated carbocycles. The predicted molar refractivity (Wildman–Crippen MR) is 81.4 cm³/mol. The Bertz CT molecular complexity index is 776. The predicted octanol–water partition coefficient (Wildman–Crippen LogP) is 3.66. The number of nitriles is 1. The molecule has 0 spiro atoms. The number of aromatic nitrogens is 1. The monoisotopic (exact) mass is 261 g/mol. The fraction of sp³-hybridized carbons (Fsp3) is 0.118. The zero-order valence-electron chi connectivity index (χ0n) is 11.3. The van der Waals surface area contributed by atoms with Gasteiger partial charge in [-0.15, -0.1) is 0 Å². The summed E-state index contributed by atoms with van der Waals surface area (Å²) in [4.78, 5) is 0. The van der Waals surface area contributed by atoms with Crippen LogP contribution >= 0.6 is 0 Å². The van der Waals surface area contributed by atoms with Gasteiger partial charge in [-0.3, -0.25) is 0 Å². The summed E-state index contributed by atoms with van der Waals surface area (Å²) >= 11 is 0. The lowest BCUT2D eigenvalue weighted by Gasteiger charge is -2.05. The van der Waals surface area contributed by atoms with Gasteiger partial charge >= 0.3 is 0 Å². The summed E-state index contributed by atoms with van der Waals surface area (Å²) in [5.74, 6) is 0. The van der Waals surface area contributed by atoms with Gasteiger partial charge in [-0.25, -0.2) is 0 Å². The summed E-state index contributed by atoms with van der Waals surface area (Å²) in [7, 11) is 2.06. The van der Waals surface area contributed by atoms with Crippen LogP contribution in [0.1, 0.15) is 11.1 Å². The van der Waals surface area contributed by atoms with E-state index in [2.05, 4.69) is 53.5 Å². The molecule has 1 aromatic heterocycles. The third-order valence-electron chi connectivity index (χ3n) is 3.48. The number of hydrogen-bond acceptors (Lipinski definition) is 2. The van der Waals surface area contributed by atoms with Crippen LogP contribution in [0, 0.1) is 11.3 Å². The van der Waals surface area contributed by atoms with Crippen LogP contribution in [0.15, 0.2) is 54.7 Å². The maximum atomic E-state index is 8.78. The van der Waals surface area contributed by atoms with Gasteiger partial charge in [0, 0.05) is 36.4 Å². The van der Waals surface area contributed by atoms with Crippen LogP contribution in [0.3, 0.4) is 0 Å². The molecule has 2 aromatic carbocycles. The minimum Gasteiger partial charge on any atom is -0.381 e. The van der Waals surface area contributed by atoms with Crippen molar-refractivity contribution in [2.45, 2.75) is 6.54 Å². The first-order valence-electron chi connectivity index (χ1n) is 6.55. The molecule has 1 N–H and O–H groups in total. The summed E-state index contributed by atoms with van der Waals surface area (Å²) in [5, 5.41) is 13.5. The van der Waals surface area contributed by atoms with E-state index in [1.54, 1.807) is 0 Å². The molecular formula is C17H15N3. The maximum absolute atomic E-state index is 8.78. The first kappa shape index (κ1) is 12.3. The van der Waals surface area contributed by atoms with Gasteiger partial charge in [-0.05, 0) is 35.9 Å². The molecule has 3 heteroatoms. The number of benzene rings is 2. The molecule has 0 saturated heterocycles. The highest BCUT2D eigenvalue weighted by atomic mass is 14.9. The number of para-hydroxylation sites is 1. The highest BCUT2D eigenvalue weighted by Crippen LogP contribution is 2.21. The van der Waals surface area contributed by atoms with Gasteiger partial charge in [0.1, 0.15) is 0 Å². The van der Waals surface area contributed by atoms with Crippen LogP contribution in [0.4, 0.5) is 5.69 Å². The lowest BCUT2D eigenvalue weighted by atomic mass is 10.1. The van der Waals surface area contributed by atoms with E-state index in [-0.39, 0.29) is 0 Å². The Kier molecular flexibility index (Phi) is 3.14. The Labute approximate surface area is 118 Å². The second kappa shape index (κ2) is 5.10. The fourth-order valence-corrected chi connectivity index (χ4v) is 2.43. The standard InChI is InChI=1S/C17H15N3/c1-20-12-14(16-4-2-3-5-17(16)20)11-19-15-8-6-13(10-18)7-9-15/h2-9,12,19H,11H2,1H3. The van der Waals surface area contributed by atoms with Crippen molar-refractivity contribution in [1.29, 1.82) is 5.26 Å². The van der Waals surface area contributed by atoms with Crippen molar-refractivity contribution in [3.05, 3.63) is 65.9 Å². The minimum atomic E-state index is 0.681. The van der Waals surface area contributed by atoms with Crippen molar-refractivity contribution in [3.8, 4) is 6.07 Å². The lowest BCUT2D eigenvalue weighted by molar-refractivity contribution is 0.956. The number of fused-ring (bicyclic) bond motifs is 1. The van der Waals surface area contributed by atoms with E-state index in [0.717, 1.165) is 12.2 Å². The van der Waals surface area contributed by atoms with Crippen LogP contribution in [0.25, 0.3) is 10.9 Å². The van der Waals surface area contributed by atoms with E-state index >= 15 is 0 Å². The molecule has 0 atom stereocenters. The van der Waals surface area contributed by atoms with E-state index in [4.69, 9.17) is 5.26 Å². The number of nitrogens with one attached hydrogen (secondary N) is 1. The summed E-state index contributed by atoms with van der Waals surface area (Å²) in [6, 6.07) is 18.0. The first-order chi connectivity index (χ1) is 9.78. The second-order valence-electron chi connectivity index (χ2n) is 4.83. The Balaban J connectivity index is 1.81. The number of aryl methyl sites for hydroxylation is 1. The average molecular weight is 261 g/mol. The molecule has 0 fully saturated rings. The molecule has 0 unspecified atom stereocenters. The molecule has 3 rings (SSSR count). The molecular weight excluding hydrogens is 246 g/mol. The molecule has 1 heterocycles. The Morgan fingerprint density at radius 2 is 1.85 bits per heavy atom. The topological polar surface area (TPSA) is 40.8 Å². The molecule has 98 valence electrons. The quantitative estimate of drug-likeness (QED) is 0.781. The van der Waals surface area contributed by atoms with E-state index in [1.165, 1.54) is 16.5 Å². The van der Waals surface area contributed by atoms with Gasteiger partial charge in [0.15, 0.2) is 0 Å². The van der Waals surface area contributed by atoms with Crippen LogP contribution in [-0.2, 0) is 13.6 Å². The molecule has 0 bridgehead atoms. The molecule has 0 radical (unpaired) electrons. The van der Waals surface area contributed by atoms with Crippen molar-refractivity contribution in [2.24, 2.45) is 7.05 Å². The molecule has 0 aliphatic carbocycles. The van der Waals surface area contributed by atoms with Gasteiger partial charge in [-0.2, -0.15) is 5.26 Å². The molecule has 0 aliphatic heterocycles. The Morgan fingerprint density at radius 3 is 2.60 bits per heavy atom. The van der Waals surface area contributed by atoms with Gasteiger partial charge < -0.3 is 9.88 Å². The summed E-state index contributed by atoms with van der Waals surface area (Å²) in [5.41, 5.74) is 4.22. The number of hydrogen-bond donors (Lipinski definition) is 1. The summed E-state index contributed by atoms with van der Waals surface area (Å²) in [6.07, 6.45) is 2.15. The molecule has 3 aromatic rings. The summed E-state index contributed by atoms with van der Waals surface area (Å²) < 4.78 is 2.14. The average Bonchev–Trinajstić information content (AvgIpc) is 2.83. The van der Waals surface area contributed by atoms with Crippen LogP contribution in [0.2, 0.25) is 0 Å². The third kappa shape index (κ3) is 2.24. The van der Waals surface area contributed by atoms with Crippen LogP contribution in [-0.4, -0.2) is 4.57 Å². The van der Waals surface area contributed by atoms with E-state index < -0.39 is 0 Å². The van der Waals surface area contributed by atoms with Crippen molar-refractivity contribution < 1.29 is 0 Å². The van der Waals surface area contributed by atoms with Crippen molar-refractivity contribution in [3.63, 3.8) is 0 Å². The van der Waals surface area contributed by atoms with Gasteiger partial charge in [-0.1, -0.05) is 18.2 Å². The number of nitrogens with zero attached hydrogens (tertiary/aromatic N) is 2. The molecule has 0 aliphatic rings. The lowest BCUT2D eigenvalue weighted by Crippen LogP contribution is -1.98.